The van der Waals surface area contributed by atoms with E-state index in [9.17, 15) is 0 Å². The first kappa shape index (κ1) is 13.2. The van der Waals surface area contributed by atoms with E-state index in [-0.39, 0.29) is 17.8 Å². The summed E-state index contributed by atoms with van der Waals surface area (Å²) >= 11 is 0. The van der Waals surface area contributed by atoms with Crippen LogP contribution in [-0.4, -0.2) is 31.3 Å². The summed E-state index contributed by atoms with van der Waals surface area (Å²) in [5, 5.41) is 0. The van der Waals surface area contributed by atoms with Gasteiger partial charge >= 0.3 is 0 Å². The van der Waals surface area contributed by atoms with Crippen LogP contribution in [0.3, 0.4) is 0 Å². The highest BCUT2D eigenvalue weighted by molar-refractivity contribution is 5.81. The molecule has 1 aliphatic heterocycles. The Kier molecular flexibility index (Phi) is 2.89. The standard InChI is InChI=1S/C13H18FN5O/c1-4-8-7(2)13(3,14)12(20-8)19-6-18-9-10(15)16-5-17-11(9)19/h5-8,12H,4H2,1-3H3,(H2,15,16,17)/t7-,8-,12-,13-/m1/s1. The average molecular weight is 279 g/mol. The number of halogens is 1. The zero-order chi connectivity index (χ0) is 14.5. The molecule has 2 aromatic rings. The molecule has 2 N–H and O–H groups in total. The third-order valence-corrected chi connectivity index (χ3v) is 4.28. The smallest absolute Gasteiger partial charge is 0.171 e. The highest BCUT2D eigenvalue weighted by Gasteiger charge is 2.52. The lowest BCUT2D eigenvalue weighted by Gasteiger charge is -2.25. The number of aromatic nitrogens is 4. The normalized spacial score (nSPS) is 33.9. The summed E-state index contributed by atoms with van der Waals surface area (Å²) < 4.78 is 22.5. The van der Waals surface area contributed by atoms with Gasteiger partial charge in [0.15, 0.2) is 23.4 Å². The second-order valence-electron chi connectivity index (χ2n) is 5.46. The van der Waals surface area contributed by atoms with Gasteiger partial charge < -0.3 is 10.5 Å². The van der Waals surface area contributed by atoms with Crippen LogP contribution in [-0.2, 0) is 4.74 Å². The quantitative estimate of drug-likeness (QED) is 0.910. The van der Waals surface area contributed by atoms with Crippen molar-refractivity contribution in [2.24, 2.45) is 5.92 Å². The SMILES string of the molecule is CC[C@H]1O[C@@H](n2cnc3c(N)ncnc32)[C@](C)(F)[C@@H]1C. The molecule has 7 heteroatoms. The summed E-state index contributed by atoms with van der Waals surface area (Å²) in [6.45, 7) is 5.43. The van der Waals surface area contributed by atoms with Gasteiger partial charge in [0.2, 0.25) is 0 Å². The molecule has 4 atom stereocenters. The Morgan fingerprint density at radius 2 is 2.20 bits per heavy atom. The van der Waals surface area contributed by atoms with E-state index >= 15 is 4.39 Å². The van der Waals surface area contributed by atoms with E-state index in [1.807, 2.05) is 13.8 Å². The third kappa shape index (κ3) is 1.69. The van der Waals surface area contributed by atoms with Crippen molar-refractivity contribution in [1.29, 1.82) is 0 Å². The monoisotopic (exact) mass is 279 g/mol. The molecule has 0 unspecified atom stereocenters. The van der Waals surface area contributed by atoms with E-state index in [0.29, 0.717) is 11.2 Å². The molecule has 3 heterocycles. The largest absolute Gasteiger partial charge is 0.382 e. The Morgan fingerprint density at radius 1 is 1.45 bits per heavy atom. The molecule has 0 aromatic carbocycles. The first-order chi connectivity index (χ1) is 9.46. The van der Waals surface area contributed by atoms with Crippen LogP contribution in [0, 0.1) is 5.92 Å². The molecule has 0 bridgehead atoms. The van der Waals surface area contributed by atoms with Gasteiger partial charge in [-0.3, -0.25) is 4.57 Å². The Labute approximate surface area is 116 Å². The fourth-order valence-electron chi connectivity index (χ4n) is 2.83. The number of anilines is 1. The fourth-order valence-corrected chi connectivity index (χ4v) is 2.83. The van der Waals surface area contributed by atoms with E-state index < -0.39 is 11.9 Å². The van der Waals surface area contributed by atoms with Crippen LogP contribution in [0.15, 0.2) is 12.7 Å². The van der Waals surface area contributed by atoms with Crippen molar-refractivity contribution in [3.63, 3.8) is 0 Å². The number of ether oxygens (including phenoxy) is 1. The molecule has 20 heavy (non-hydrogen) atoms. The van der Waals surface area contributed by atoms with Crippen molar-refractivity contribution in [2.75, 3.05) is 5.73 Å². The van der Waals surface area contributed by atoms with Crippen LogP contribution in [0.1, 0.15) is 33.4 Å². The number of alkyl halides is 1. The van der Waals surface area contributed by atoms with Crippen molar-refractivity contribution in [3.05, 3.63) is 12.7 Å². The lowest BCUT2D eigenvalue weighted by Crippen LogP contribution is -2.33. The van der Waals surface area contributed by atoms with Crippen LogP contribution < -0.4 is 5.73 Å². The van der Waals surface area contributed by atoms with Crippen LogP contribution in [0.5, 0.6) is 0 Å². The van der Waals surface area contributed by atoms with Gasteiger partial charge in [-0.05, 0) is 13.3 Å². The molecule has 1 fully saturated rings. The van der Waals surface area contributed by atoms with Gasteiger partial charge in [-0.25, -0.2) is 19.3 Å². The highest BCUT2D eigenvalue weighted by Crippen LogP contribution is 2.46. The number of nitrogens with two attached hydrogens (primary N) is 1. The van der Waals surface area contributed by atoms with E-state index in [2.05, 4.69) is 15.0 Å². The van der Waals surface area contributed by atoms with Gasteiger partial charge in [-0.1, -0.05) is 13.8 Å². The summed E-state index contributed by atoms with van der Waals surface area (Å²) in [5.41, 5.74) is 5.23. The first-order valence-electron chi connectivity index (χ1n) is 6.74. The van der Waals surface area contributed by atoms with E-state index in [1.165, 1.54) is 12.7 Å². The molecule has 1 saturated heterocycles. The average Bonchev–Trinajstić information content (AvgIpc) is 2.92. The Balaban J connectivity index is 2.10. The minimum Gasteiger partial charge on any atom is -0.382 e. The van der Waals surface area contributed by atoms with Crippen molar-refractivity contribution in [2.45, 2.75) is 45.2 Å². The van der Waals surface area contributed by atoms with Crippen LogP contribution >= 0.6 is 0 Å². The van der Waals surface area contributed by atoms with Crippen molar-refractivity contribution < 1.29 is 9.13 Å². The van der Waals surface area contributed by atoms with Crippen molar-refractivity contribution in [1.82, 2.24) is 19.5 Å². The second kappa shape index (κ2) is 4.37. The predicted molar refractivity (Wildman–Crippen MR) is 72.6 cm³/mol. The van der Waals surface area contributed by atoms with E-state index in [4.69, 9.17) is 10.5 Å². The minimum atomic E-state index is -1.49. The predicted octanol–water partition coefficient (Wildman–Crippen LogP) is 2.08. The lowest BCUT2D eigenvalue weighted by molar-refractivity contribution is -0.0450. The molecule has 0 radical (unpaired) electrons. The first-order valence-corrected chi connectivity index (χ1v) is 6.74. The number of rotatable bonds is 2. The van der Waals surface area contributed by atoms with Gasteiger partial charge in [-0.2, -0.15) is 0 Å². The van der Waals surface area contributed by atoms with Crippen LogP contribution in [0.4, 0.5) is 10.2 Å². The lowest BCUT2D eigenvalue weighted by atomic mass is 9.88. The maximum atomic E-state index is 15.0. The topological polar surface area (TPSA) is 78.9 Å². The molecular weight excluding hydrogens is 261 g/mol. The zero-order valence-electron chi connectivity index (χ0n) is 11.7. The Morgan fingerprint density at radius 3 is 2.85 bits per heavy atom. The number of hydrogen-bond donors (Lipinski definition) is 1. The second-order valence-corrected chi connectivity index (χ2v) is 5.46. The Bertz CT molecular complexity index is 641. The summed E-state index contributed by atoms with van der Waals surface area (Å²) in [6.07, 6.45) is 2.76. The summed E-state index contributed by atoms with van der Waals surface area (Å²) in [6, 6.07) is 0. The molecule has 3 rings (SSSR count). The number of nitrogens with zero attached hydrogens (tertiary/aromatic N) is 4. The highest BCUT2D eigenvalue weighted by atomic mass is 19.1. The number of nitrogen functional groups attached to an aromatic ring is 1. The molecule has 6 nitrogen and oxygen atoms in total. The molecule has 0 saturated carbocycles. The molecular formula is C13H18FN5O. The van der Waals surface area contributed by atoms with Gasteiger partial charge in [0.05, 0.1) is 12.4 Å². The van der Waals surface area contributed by atoms with Gasteiger partial charge in [0.1, 0.15) is 11.8 Å². The summed E-state index contributed by atoms with van der Waals surface area (Å²) in [5.74, 6) is 0.0848. The minimum absolute atomic E-state index is 0.119. The fraction of sp³-hybridized carbons (Fsp3) is 0.615. The Hall–Kier alpha value is -1.76. The molecule has 0 aliphatic carbocycles. The molecule has 2 aromatic heterocycles. The molecule has 1 aliphatic rings. The van der Waals surface area contributed by atoms with E-state index in [1.54, 1.807) is 11.5 Å². The van der Waals surface area contributed by atoms with Gasteiger partial charge in [0.25, 0.3) is 0 Å². The van der Waals surface area contributed by atoms with Crippen molar-refractivity contribution >= 4 is 17.0 Å². The number of imidazole rings is 1. The summed E-state index contributed by atoms with van der Waals surface area (Å²) in [7, 11) is 0. The maximum Gasteiger partial charge on any atom is 0.171 e. The van der Waals surface area contributed by atoms with Crippen LogP contribution in [0.2, 0.25) is 0 Å². The number of fused-ring (bicyclic) bond motifs is 1. The van der Waals surface area contributed by atoms with Gasteiger partial charge in [-0.15, -0.1) is 0 Å². The van der Waals surface area contributed by atoms with Gasteiger partial charge in [0, 0.05) is 5.92 Å². The van der Waals surface area contributed by atoms with E-state index in [0.717, 1.165) is 6.42 Å². The maximum absolute atomic E-state index is 15.0. The number of hydrogen-bond acceptors (Lipinski definition) is 5. The zero-order valence-corrected chi connectivity index (χ0v) is 11.7. The van der Waals surface area contributed by atoms with Crippen molar-refractivity contribution in [3.8, 4) is 0 Å². The molecule has 0 amide bonds. The third-order valence-electron chi connectivity index (χ3n) is 4.28. The van der Waals surface area contributed by atoms with Crippen LogP contribution in [0.25, 0.3) is 11.2 Å². The molecule has 0 spiro atoms. The molecule has 108 valence electrons. The summed E-state index contributed by atoms with van der Waals surface area (Å²) in [4.78, 5) is 12.2.